The molecule has 0 atom stereocenters. The molecule has 0 spiro atoms. The summed E-state index contributed by atoms with van der Waals surface area (Å²) in [6, 6.07) is 7.86. The number of amides is 1. The Morgan fingerprint density at radius 1 is 1.23 bits per heavy atom. The van der Waals surface area contributed by atoms with Gasteiger partial charge in [-0.05, 0) is 49.8 Å². The number of nitrogens with one attached hydrogen (secondary N) is 1. The zero-order valence-electron chi connectivity index (χ0n) is 13.1. The molecule has 2 rings (SSSR count). The van der Waals surface area contributed by atoms with E-state index in [2.05, 4.69) is 11.4 Å². The number of hydrogen-bond donors (Lipinski definition) is 1. The second kappa shape index (κ2) is 7.17. The van der Waals surface area contributed by atoms with Gasteiger partial charge in [0.25, 0.3) is 0 Å². The molecule has 1 aromatic rings. The van der Waals surface area contributed by atoms with Gasteiger partial charge in [-0.25, -0.2) is 0 Å². The third kappa shape index (κ3) is 3.91. The van der Waals surface area contributed by atoms with Gasteiger partial charge in [0, 0.05) is 12.5 Å². The van der Waals surface area contributed by atoms with Crippen LogP contribution in [0.5, 0.6) is 11.5 Å². The Morgan fingerprint density at radius 2 is 1.82 bits per heavy atom. The Morgan fingerprint density at radius 3 is 2.32 bits per heavy atom. The van der Waals surface area contributed by atoms with Crippen LogP contribution in [0.1, 0.15) is 37.7 Å². The third-order valence-corrected chi connectivity index (χ3v) is 4.10. The van der Waals surface area contributed by atoms with Gasteiger partial charge in [0.15, 0.2) is 0 Å². The highest BCUT2D eigenvalue weighted by atomic mass is 16.5. The Hall–Kier alpha value is -2.22. The van der Waals surface area contributed by atoms with E-state index in [9.17, 15) is 10.1 Å². The molecule has 1 fully saturated rings. The van der Waals surface area contributed by atoms with Gasteiger partial charge in [0.05, 0.1) is 20.3 Å². The smallest absolute Gasteiger partial charge is 0.221 e. The first-order chi connectivity index (χ1) is 10.6. The van der Waals surface area contributed by atoms with Gasteiger partial charge < -0.3 is 14.8 Å². The van der Waals surface area contributed by atoms with Crippen LogP contribution in [0.2, 0.25) is 0 Å². The lowest BCUT2D eigenvalue weighted by atomic mass is 9.99. The summed E-state index contributed by atoms with van der Waals surface area (Å²) in [5, 5.41) is 12.2. The first-order valence-electron chi connectivity index (χ1n) is 7.55. The molecular weight excluding hydrogens is 280 g/mol. The van der Waals surface area contributed by atoms with E-state index < -0.39 is 5.54 Å². The average molecular weight is 302 g/mol. The molecule has 1 aromatic carbocycles. The minimum atomic E-state index is -0.650. The van der Waals surface area contributed by atoms with Gasteiger partial charge in [0.2, 0.25) is 5.91 Å². The van der Waals surface area contributed by atoms with E-state index >= 15 is 0 Å². The SMILES string of the molecule is COc1cc(CCC(=O)NC2(C#N)CCCC2)cc(OC)c1. The van der Waals surface area contributed by atoms with Crippen molar-refractivity contribution >= 4 is 5.91 Å². The van der Waals surface area contributed by atoms with Crippen LogP contribution in [0.3, 0.4) is 0 Å². The van der Waals surface area contributed by atoms with Gasteiger partial charge >= 0.3 is 0 Å². The van der Waals surface area contributed by atoms with E-state index in [0.29, 0.717) is 24.3 Å². The van der Waals surface area contributed by atoms with Gasteiger partial charge in [-0.2, -0.15) is 5.26 Å². The van der Waals surface area contributed by atoms with Crippen molar-refractivity contribution in [3.63, 3.8) is 0 Å². The molecule has 1 aliphatic carbocycles. The molecule has 118 valence electrons. The van der Waals surface area contributed by atoms with E-state index in [4.69, 9.17) is 9.47 Å². The highest BCUT2D eigenvalue weighted by molar-refractivity contribution is 5.77. The fourth-order valence-electron chi connectivity index (χ4n) is 2.84. The number of hydrogen-bond acceptors (Lipinski definition) is 4. The third-order valence-electron chi connectivity index (χ3n) is 4.10. The number of nitrogens with zero attached hydrogens (tertiary/aromatic N) is 1. The summed E-state index contributed by atoms with van der Waals surface area (Å²) in [5.41, 5.74) is 0.326. The van der Waals surface area contributed by atoms with Crippen molar-refractivity contribution in [3.8, 4) is 17.6 Å². The molecule has 1 N–H and O–H groups in total. The molecule has 0 unspecified atom stereocenters. The molecule has 5 heteroatoms. The molecule has 1 amide bonds. The summed E-state index contributed by atoms with van der Waals surface area (Å²) in [4.78, 5) is 12.1. The lowest BCUT2D eigenvalue weighted by Crippen LogP contribution is -2.45. The van der Waals surface area contributed by atoms with Crippen LogP contribution >= 0.6 is 0 Å². The van der Waals surface area contributed by atoms with Crippen molar-refractivity contribution in [1.82, 2.24) is 5.32 Å². The van der Waals surface area contributed by atoms with Crippen molar-refractivity contribution < 1.29 is 14.3 Å². The number of benzene rings is 1. The monoisotopic (exact) mass is 302 g/mol. The summed E-state index contributed by atoms with van der Waals surface area (Å²) in [5.74, 6) is 1.34. The molecule has 5 nitrogen and oxygen atoms in total. The quantitative estimate of drug-likeness (QED) is 0.876. The lowest BCUT2D eigenvalue weighted by Gasteiger charge is -2.22. The molecule has 1 aliphatic rings. The van der Waals surface area contributed by atoms with Crippen LogP contribution in [0.15, 0.2) is 18.2 Å². The summed E-state index contributed by atoms with van der Waals surface area (Å²) in [6.07, 6.45) is 4.44. The molecule has 0 heterocycles. The zero-order chi connectivity index (χ0) is 16.0. The highest BCUT2D eigenvalue weighted by Crippen LogP contribution is 2.29. The Balaban J connectivity index is 1.95. The van der Waals surface area contributed by atoms with E-state index in [0.717, 1.165) is 31.2 Å². The molecule has 0 aliphatic heterocycles. The zero-order valence-corrected chi connectivity index (χ0v) is 13.1. The number of carbonyl (C=O) groups is 1. The molecule has 0 saturated heterocycles. The number of nitriles is 1. The van der Waals surface area contributed by atoms with Gasteiger partial charge in [-0.1, -0.05) is 0 Å². The van der Waals surface area contributed by atoms with Gasteiger partial charge in [0.1, 0.15) is 17.0 Å². The van der Waals surface area contributed by atoms with E-state index in [1.54, 1.807) is 20.3 Å². The van der Waals surface area contributed by atoms with Crippen LogP contribution < -0.4 is 14.8 Å². The number of ether oxygens (including phenoxy) is 2. The standard InChI is InChI=1S/C17H22N2O3/c1-21-14-9-13(10-15(11-14)22-2)5-6-16(20)19-17(12-18)7-3-4-8-17/h9-11H,3-8H2,1-2H3,(H,19,20). The maximum absolute atomic E-state index is 12.1. The van der Waals surface area contributed by atoms with Crippen molar-refractivity contribution in [1.29, 1.82) is 5.26 Å². The van der Waals surface area contributed by atoms with Crippen LogP contribution in [-0.4, -0.2) is 25.7 Å². The lowest BCUT2D eigenvalue weighted by molar-refractivity contribution is -0.122. The Bertz CT molecular complexity index is 550. The highest BCUT2D eigenvalue weighted by Gasteiger charge is 2.35. The van der Waals surface area contributed by atoms with Crippen molar-refractivity contribution in [3.05, 3.63) is 23.8 Å². The molecule has 0 aromatic heterocycles. The summed E-state index contributed by atoms with van der Waals surface area (Å²) >= 11 is 0. The largest absolute Gasteiger partial charge is 0.497 e. The van der Waals surface area contributed by atoms with Crippen molar-refractivity contribution in [2.24, 2.45) is 0 Å². The molecule has 0 radical (unpaired) electrons. The second-order valence-electron chi connectivity index (χ2n) is 5.67. The number of aryl methyl sites for hydroxylation is 1. The number of carbonyl (C=O) groups excluding carboxylic acids is 1. The fourth-order valence-corrected chi connectivity index (χ4v) is 2.84. The number of methoxy groups -OCH3 is 2. The summed E-state index contributed by atoms with van der Waals surface area (Å²) < 4.78 is 10.4. The second-order valence-corrected chi connectivity index (χ2v) is 5.67. The van der Waals surface area contributed by atoms with Gasteiger partial charge in [-0.3, -0.25) is 4.79 Å². The molecule has 0 bridgehead atoms. The van der Waals surface area contributed by atoms with E-state index in [-0.39, 0.29) is 5.91 Å². The topological polar surface area (TPSA) is 71.3 Å². The van der Waals surface area contributed by atoms with Gasteiger partial charge in [-0.15, -0.1) is 0 Å². The molecule has 1 saturated carbocycles. The maximum Gasteiger partial charge on any atom is 0.221 e. The predicted octanol–water partition coefficient (Wildman–Crippen LogP) is 2.59. The normalized spacial score (nSPS) is 15.9. The first kappa shape index (κ1) is 16.2. The summed E-state index contributed by atoms with van der Waals surface area (Å²) in [7, 11) is 3.20. The first-order valence-corrected chi connectivity index (χ1v) is 7.55. The minimum Gasteiger partial charge on any atom is -0.497 e. The minimum absolute atomic E-state index is 0.0785. The fraction of sp³-hybridized carbons (Fsp3) is 0.529. The van der Waals surface area contributed by atoms with Crippen molar-refractivity contribution in [2.75, 3.05) is 14.2 Å². The number of rotatable bonds is 6. The predicted molar refractivity (Wildman–Crippen MR) is 82.8 cm³/mol. The van der Waals surface area contributed by atoms with E-state index in [1.165, 1.54) is 0 Å². The van der Waals surface area contributed by atoms with E-state index in [1.807, 2.05) is 12.1 Å². The van der Waals surface area contributed by atoms with Crippen LogP contribution in [-0.2, 0) is 11.2 Å². The Kier molecular flexibility index (Phi) is 5.26. The maximum atomic E-state index is 12.1. The van der Waals surface area contributed by atoms with Crippen LogP contribution in [0.4, 0.5) is 0 Å². The molecular formula is C17H22N2O3. The van der Waals surface area contributed by atoms with Crippen molar-refractivity contribution in [2.45, 2.75) is 44.1 Å². The Labute approximate surface area is 131 Å². The van der Waals surface area contributed by atoms with Crippen LogP contribution in [0.25, 0.3) is 0 Å². The molecule has 22 heavy (non-hydrogen) atoms. The average Bonchev–Trinajstić information content (AvgIpc) is 3.01. The van der Waals surface area contributed by atoms with Crippen LogP contribution in [0, 0.1) is 11.3 Å². The summed E-state index contributed by atoms with van der Waals surface area (Å²) in [6.45, 7) is 0.